The minimum absolute atomic E-state index is 0.273. The third kappa shape index (κ3) is 2.41. The van der Waals surface area contributed by atoms with Crippen molar-refractivity contribution in [2.24, 2.45) is 0 Å². The Bertz CT molecular complexity index is 445. The first kappa shape index (κ1) is 10.7. The van der Waals surface area contributed by atoms with E-state index in [4.69, 9.17) is 22.1 Å². The second-order valence-electron chi connectivity index (χ2n) is 3.13. The highest BCUT2D eigenvalue weighted by atomic mass is 35.5. The molecule has 0 unspecified atom stereocenters. The normalized spacial score (nSPS) is 10.1. The molecule has 0 aliphatic heterocycles. The van der Waals surface area contributed by atoms with Gasteiger partial charge in [0.2, 0.25) is 0 Å². The average Bonchev–Trinajstić information content (AvgIpc) is 2.30. The topological polar surface area (TPSA) is 61.0 Å². The molecule has 1 aromatic heterocycles. The van der Waals surface area contributed by atoms with Crippen LogP contribution in [0.3, 0.4) is 0 Å². The van der Waals surface area contributed by atoms with Gasteiger partial charge in [0.15, 0.2) is 5.82 Å². The molecule has 0 aliphatic rings. The molecule has 0 fully saturated rings. The van der Waals surface area contributed by atoms with Gasteiger partial charge in [-0.1, -0.05) is 29.8 Å². The smallest absolute Gasteiger partial charge is 0.257 e. The fourth-order valence-corrected chi connectivity index (χ4v) is 1.40. The number of hydrogen-bond acceptors (Lipinski definition) is 4. The number of nitrogen functional groups attached to an aromatic ring is 1. The monoisotopic (exact) mass is 235 g/mol. The number of ether oxygens (including phenoxy) is 1. The number of nitrogens with two attached hydrogens (primary N) is 1. The third-order valence-corrected chi connectivity index (χ3v) is 2.38. The highest BCUT2D eigenvalue weighted by Crippen LogP contribution is 2.19. The highest BCUT2D eigenvalue weighted by Gasteiger charge is 2.04. The summed E-state index contributed by atoms with van der Waals surface area (Å²) in [5.41, 5.74) is 6.47. The molecular weight excluding hydrogens is 226 g/mol. The molecule has 1 aromatic carbocycles. The van der Waals surface area contributed by atoms with Crippen molar-refractivity contribution in [2.75, 3.05) is 5.73 Å². The molecule has 0 radical (unpaired) electrons. The van der Waals surface area contributed by atoms with Crippen molar-refractivity contribution in [2.45, 2.75) is 6.61 Å². The number of rotatable bonds is 3. The lowest BCUT2D eigenvalue weighted by Crippen LogP contribution is -2.02. The van der Waals surface area contributed by atoms with Crippen LogP contribution in [0.15, 0.2) is 36.7 Å². The first-order valence-electron chi connectivity index (χ1n) is 4.70. The van der Waals surface area contributed by atoms with Crippen LogP contribution in [0.1, 0.15) is 5.56 Å². The highest BCUT2D eigenvalue weighted by molar-refractivity contribution is 6.31. The minimum Gasteiger partial charge on any atom is -0.470 e. The Hall–Kier alpha value is -1.81. The van der Waals surface area contributed by atoms with E-state index in [1.807, 2.05) is 18.2 Å². The summed E-state index contributed by atoms with van der Waals surface area (Å²) in [6, 6.07) is 7.45. The fraction of sp³-hybridized carbons (Fsp3) is 0.0909. The molecule has 0 spiro atoms. The van der Waals surface area contributed by atoms with Crippen molar-refractivity contribution in [3.05, 3.63) is 47.2 Å². The second kappa shape index (κ2) is 4.81. The maximum Gasteiger partial charge on any atom is 0.257 e. The number of halogens is 1. The first-order valence-corrected chi connectivity index (χ1v) is 5.08. The maximum absolute atomic E-state index is 5.98. The van der Waals surface area contributed by atoms with Crippen LogP contribution in [0.25, 0.3) is 0 Å². The summed E-state index contributed by atoms with van der Waals surface area (Å²) >= 11 is 5.98. The van der Waals surface area contributed by atoms with Gasteiger partial charge in [-0.05, 0) is 6.07 Å². The Morgan fingerprint density at radius 1 is 1.19 bits per heavy atom. The molecule has 2 N–H and O–H groups in total. The number of benzene rings is 1. The van der Waals surface area contributed by atoms with Crippen molar-refractivity contribution < 1.29 is 4.74 Å². The van der Waals surface area contributed by atoms with Crippen LogP contribution < -0.4 is 10.5 Å². The van der Waals surface area contributed by atoms with Crippen molar-refractivity contribution in [3.63, 3.8) is 0 Å². The van der Waals surface area contributed by atoms with Crippen molar-refractivity contribution >= 4 is 17.4 Å². The Kier molecular flexibility index (Phi) is 3.22. The van der Waals surface area contributed by atoms with Crippen LogP contribution >= 0.6 is 11.6 Å². The van der Waals surface area contributed by atoms with Crippen LogP contribution in [0.5, 0.6) is 5.88 Å². The van der Waals surface area contributed by atoms with E-state index in [1.165, 1.54) is 12.4 Å². The Labute approximate surface area is 98.0 Å². The summed E-state index contributed by atoms with van der Waals surface area (Å²) in [6.45, 7) is 0.322. The van der Waals surface area contributed by atoms with Crippen molar-refractivity contribution in [1.82, 2.24) is 9.97 Å². The quantitative estimate of drug-likeness (QED) is 0.887. The molecule has 2 rings (SSSR count). The molecule has 0 saturated heterocycles. The van der Waals surface area contributed by atoms with Gasteiger partial charge in [-0.3, -0.25) is 0 Å². The number of aromatic nitrogens is 2. The predicted molar refractivity (Wildman–Crippen MR) is 62.2 cm³/mol. The zero-order valence-electron chi connectivity index (χ0n) is 8.43. The van der Waals surface area contributed by atoms with Gasteiger partial charge in [0.05, 0.1) is 0 Å². The van der Waals surface area contributed by atoms with Gasteiger partial charge in [-0.25, -0.2) is 9.97 Å². The molecule has 0 saturated carbocycles. The van der Waals surface area contributed by atoms with Crippen molar-refractivity contribution in [3.8, 4) is 5.88 Å². The van der Waals surface area contributed by atoms with E-state index in [9.17, 15) is 0 Å². The third-order valence-electron chi connectivity index (χ3n) is 2.01. The zero-order valence-corrected chi connectivity index (χ0v) is 9.19. The molecule has 5 heteroatoms. The largest absolute Gasteiger partial charge is 0.470 e. The lowest BCUT2D eigenvalue weighted by molar-refractivity contribution is 0.294. The molecule has 0 aliphatic carbocycles. The van der Waals surface area contributed by atoms with E-state index in [2.05, 4.69) is 9.97 Å². The molecule has 2 aromatic rings. The number of hydrogen-bond donors (Lipinski definition) is 1. The van der Waals surface area contributed by atoms with E-state index in [0.29, 0.717) is 17.5 Å². The van der Waals surface area contributed by atoms with Crippen molar-refractivity contribution in [1.29, 1.82) is 0 Å². The van der Waals surface area contributed by atoms with E-state index < -0.39 is 0 Å². The second-order valence-corrected chi connectivity index (χ2v) is 3.53. The Balaban J connectivity index is 2.09. The van der Waals surface area contributed by atoms with Crippen LogP contribution in [0, 0.1) is 0 Å². The van der Waals surface area contributed by atoms with Gasteiger partial charge in [0.25, 0.3) is 5.88 Å². The van der Waals surface area contributed by atoms with E-state index >= 15 is 0 Å². The van der Waals surface area contributed by atoms with Gasteiger partial charge >= 0.3 is 0 Å². The maximum atomic E-state index is 5.98. The summed E-state index contributed by atoms with van der Waals surface area (Å²) in [4.78, 5) is 7.84. The van der Waals surface area contributed by atoms with Gasteiger partial charge < -0.3 is 10.5 Å². The van der Waals surface area contributed by atoms with Gasteiger partial charge in [-0.2, -0.15) is 0 Å². The molecular formula is C11H10ClN3O. The molecule has 4 nitrogen and oxygen atoms in total. The first-order chi connectivity index (χ1) is 7.77. The standard InChI is InChI=1S/C11H10ClN3O/c12-9-4-2-1-3-8(9)7-16-11-10(13)14-5-6-15-11/h1-6H,7H2,(H2,13,14). The van der Waals surface area contributed by atoms with Crippen LogP contribution in [0.2, 0.25) is 5.02 Å². The van der Waals surface area contributed by atoms with Gasteiger partial charge in [0.1, 0.15) is 6.61 Å². The molecule has 0 atom stereocenters. The summed E-state index contributed by atoms with van der Waals surface area (Å²) in [7, 11) is 0. The average molecular weight is 236 g/mol. The number of nitrogens with zero attached hydrogens (tertiary/aromatic N) is 2. The molecule has 16 heavy (non-hydrogen) atoms. The fourth-order valence-electron chi connectivity index (χ4n) is 1.21. The summed E-state index contributed by atoms with van der Waals surface area (Å²) in [5, 5.41) is 0.657. The van der Waals surface area contributed by atoms with Gasteiger partial charge in [-0.15, -0.1) is 0 Å². The zero-order chi connectivity index (χ0) is 11.4. The summed E-state index contributed by atoms with van der Waals surface area (Å²) in [6.07, 6.45) is 3.04. The van der Waals surface area contributed by atoms with Crippen LogP contribution in [-0.4, -0.2) is 9.97 Å². The van der Waals surface area contributed by atoms with E-state index in [1.54, 1.807) is 6.07 Å². The minimum atomic E-state index is 0.273. The summed E-state index contributed by atoms with van der Waals surface area (Å²) in [5.74, 6) is 0.594. The Morgan fingerprint density at radius 2 is 1.94 bits per heavy atom. The van der Waals surface area contributed by atoms with E-state index in [0.717, 1.165) is 5.56 Å². The van der Waals surface area contributed by atoms with Crippen LogP contribution in [-0.2, 0) is 6.61 Å². The van der Waals surface area contributed by atoms with E-state index in [-0.39, 0.29) is 5.82 Å². The lowest BCUT2D eigenvalue weighted by atomic mass is 10.2. The molecule has 0 bridgehead atoms. The van der Waals surface area contributed by atoms with Crippen LogP contribution in [0.4, 0.5) is 5.82 Å². The molecule has 0 amide bonds. The summed E-state index contributed by atoms with van der Waals surface area (Å²) < 4.78 is 5.42. The van der Waals surface area contributed by atoms with Gasteiger partial charge in [0, 0.05) is 23.0 Å². The molecule has 82 valence electrons. The molecule has 1 heterocycles. The number of anilines is 1. The predicted octanol–water partition coefficient (Wildman–Crippen LogP) is 2.29. The SMILES string of the molecule is Nc1nccnc1OCc1ccccc1Cl. The lowest BCUT2D eigenvalue weighted by Gasteiger charge is -2.07. The Morgan fingerprint density at radius 3 is 2.69 bits per heavy atom.